The Bertz CT molecular complexity index is 738. The minimum Gasteiger partial charge on any atom is -0.478 e. The predicted octanol–water partition coefficient (Wildman–Crippen LogP) is 4.31. The highest BCUT2D eigenvalue weighted by Crippen LogP contribution is 2.48. The van der Waals surface area contributed by atoms with Crippen LogP contribution in [-0.2, 0) is 9.59 Å². The number of fused-ring (bicyclic) bond motifs is 2. The van der Waals surface area contributed by atoms with Crippen LogP contribution in [0.4, 0.5) is 0 Å². The number of hydrogen-bond acceptors (Lipinski definition) is 3. The third kappa shape index (κ3) is 5.79. The Labute approximate surface area is 182 Å². The molecular formula is C22H30Cl2N2O3. The summed E-state index contributed by atoms with van der Waals surface area (Å²) in [6.45, 7) is 4.12. The summed E-state index contributed by atoms with van der Waals surface area (Å²) >= 11 is 11.6. The van der Waals surface area contributed by atoms with Crippen molar-refractivity contribution in [2.24, 2.45) is 11.8 Å². The van der Waals surface area contributed by atoms with Gasteiger partial charge in [-0.05, 0) is 88.5 Å². The van der Waals surface area contributed by atoms with Gasteiger partial charge < -0.3 is 15.4 Å². The molecule has 7 heteroatoms. The van der Waals surface area contributed by atoms with Crippen LogP contribution in [0.3, 0.4) is 0 Å². The largest absolute Gasteiger partial charge is 0.478 e. The third-order valence-electron chi connectivity index (χ3n) is 6.15. The molecule has 0 heterocycles. The first-order valence-corrected chi connectivity index (χ1v) is 11.2. The summed E-state index contributed by atoms with van der Waals surface area (Å²) in [6.07, 6.45) is 6.28. The Morgan fingerprint density at radius 3 is 2.66 bits per heavy atom. The average Bonchev–Trinajstić information content (AvgIpc) is 2.97. The van der Waals surface area contributed by atoms with E-state index in [1.807, 2.05) is 0 Å². The molecule has 2 aliphatic carbocycles. The second-order valence-corrected chi connectivity index (χ2v) is 9.69. The molecule has 2 aliphatic rings. The Kier molecular flexibility index (Phi) is 7.00. The van der Waals surface area contributed by atoms with E-state index in [9.17, 15) is 9.59 Å². The lowest BCUT2D eigenvalue weighted by atomic mass is 9.75. The van der Waals surface area contributed by atoms with Crippen LogP contribution >= 0.6 is 23.2 Å². The summed E-state index contributed by atoms with van der Waals surface area (Å²) in [5, 5.41) is 6.81. The summed E-state index contributed by atoms with van der Waals surface area (Å²) in [5.41, 5.74) is -1.07. The maximum Gasteiger partial charge on any atom is 0.263 e. The molecule has 2 N–H and O–H groups in total. The molecular weight excluding hydrogens is 411 g/mol. The molecule has 0 radical (unpaired) electrons. The van der Waals surface area contributed by atoms with Gasteiger partial charge in [0, 0.05) is 17.1 Å². The predicted molar refractivity (Wildman–Crippen MR) is 115 cm³/mol. The van der Waals surface area contributed by atoms with Gasteiger partial charge in [0.2, 0.25) is 5.91 Å². The monoisotopic (exact) mass is 440 g/mol. The average molecular weight is 441 g/mol. The lowest BCUT2D eigenvalue weighted by Crippen LogP contribution is -2.50. The van der Waals surface area contributed by atoms with Crippen LogP contribution in [-0.4, -0.2) is 35.4 Å². The van der Waals surface area contributed by atoms with Crippen molar-refractivity contribution in [3.05, 3.63) is 29.3 Å². The van der Waals surface area contributed by atoms with Crippen LogP contribution in [0.15, 0.2) is 24.3 Å². The smallest absolute Gasteiger partial charge is 0.263 e. The molecule has 0 aromatic heterocycles. The first kappa shape index (κ1) is 22.2. The normalized spacial score (nSPS) is 26.1. The number of amides is 2. The number of hydrogen-bond donors (Lipinski definition) is 2. The van der Waals surface area contributed by atoms with Crippen molar-refractivity contribution in [1.29, 1.82) is 0 Å². The zero-order valence-electron chi connectivity index (χ0n) is 17.1. The van der Waals surface area contributed by atoms with Crippen molar-refractivity contribution in [3.8, 4) is 5.75 Å². The molecule has 0 spiro atoms. The number of carbonyl (C=O) groups is 2. The van der Waals surface area contributed by atoms with Crippen LogP contribution < -0.4 is 15.4 Å². The van der Waals surface area contributed by atoms with E-state index in [1.165, 1.54) is 6.42 Å². The molecule has 3 atom stereocenters. The van der Waals surface area contributed by atoms with Crippen molar-refractivity contribution in [2.45, 2.75) is 63.5 Å². The first-order valence-electron chi connectivity index (χ1n) is 10.3. The number of alkyl halides is 1. The van der Waals surface area contributed by atoms with E-state index in [0.717, 1.165) is 32.1 Å². The molecule has 2 saturated carbocycles. The van der Waals surface area contributed by atoms with Gasteiger partial charge in [0.15, 0.2) is 5.60 Å². The highest BCUT2D eigenvalue weighted by Gasteiger charge is 2.46. The van der Waals surface area contributed by atoms with Crippen molar-refractivity contribution in [2.75, 3.05) is 12.4 Å². The number of halogens is 2. The molecule has 1 unspecified atom stereocenters. The van der Waals surface area contributed by atoms with E-state index in [-0.39, 0.29) is 23.2 Å². The van der Waals surface area contributed by atoms with Gasteiger partial charge in [-0.1, -0.05) is 11.6 Å². The number of benzene rings is 1. The molecule has 2 fully saturated rings. The fraction of sp³-hybridized carbons (Fsp3) is 0.636. The van der Waals surface area contributed by atoms with Crippen LogP contribution in [0.25, 0.3) is 0 Å². The highest BCUT2D eigenvalue weighted by molar-refractivity contribution is 6.30. The number of carbonyl (C=O) groups excluding carboxylic acids is 2. The standard InChI is InChI=1S/C22H30Cl2N2O3/c1-21(2,29-18-5-3-17(24)4-6-18)20(28)25-10-8-16-11-15-7-9-22(12-15,13-16)26-19(27)14-23/h3-6,15-16H,7-14H2,1-2H3,(H,25,28)(H,26,27)/t15-,16?,22-/m0/s1. The second kappa shape index (κ2) is 9.13. The van der Waals surface area contributed by atoms with E-state index >= 15 is 0 Å². The molecule has 2 bridgehead atoms. The highest BCUT2D eigenvalue weighted by atomic mass is 35.5. The number of ether oxygens (including phenoxy) is 1. The summed E-state index contributed by atoms with van der Waals surface area (Å²) in [5.74, 6) is 1.54. The molecule has 0 saturated heterocycles. The number of nitrogens with one attached hydrogen (secondary N) is 2. The molecule has 5 nitrogen and oxygen atoms in total. The van der Waals surface area contributed by atoms with Crippen LogP contribution in [0, 0.1) is 11.8 Å². The second-order valence-electron chi connectivity index (χ2n) is 8.99. The quantitative estimate of drug-likeness (QED) is 0.591. The van der Waals surface area contributed by atoms with Gasteiger partial charge in [-0.3, -0.25) is 9.59 Å². The first-order chi connectivity index (χ1) is 13.7. The van der Waals surface area contributed by atoms with Crippen molar-refractivity contribution in [3.63, 3.8) is 0 Å². The molecule has 29 heavy (non-hydrogen) atoms. The van der Waals surface area contributed by atoms with Crippen molar-refractivity contribution in [1.82, 2.24) is 10.6 Å². The lowest BCUT2D eigenvalue weighted by molar-refractivity contribution is -0.134. The fourth-order valence-electron chi connectivity index (χ4n) is 4.89. The molecule has 160 valence electrons. The van der Waals surface area contributed by atoms with Crippen molar-refractivity contribution >= 4 is 35.0 Å². The van der Waals surface area contributed by atoms with Gasteiger partial charge in [-0.15, -0.1) is 11.6 Å². The van der Waals surface area contributed by atoms with Gasteiger partial charge in [-0.2, -0.15) is 0 Å². The Hall–Kier alpha value is -1.46. The van der Waals surface area contributed by atoms with Gasteiger partial charge in [0.1, 0.15) is 11.6 Å². The minimum absolute atomic E-state index is 0.00976. The molecule has 1 aromatic carbocycles. The number of rotatable bonds is 8. The molecule has 1 aromatic rings. The van der Waals surface area contributed by atoms with Crippen LogP contribution in [0.2, 0.25) is 5.02 Å². The molecule has 0 aliphatic heterocycles. The van der Waals surface area contributed by atoms with Gasteiger partial charge in [0.25, 0.3) is 5.91 Å². The summed E-state index contributed by atoms with van der Waals surface area (Å²) in [4.78, 5) is 24.5. The van der Waals surface area contributed by atoms with E-state index in [2.05, 4.69) is 10.6 Å². The van der Waals surface area contributed by atoms with E-state index < -0.39 is 5.60 Å². The summed E-state index contributed by atoms with van der Waals surface area (Å²) < 4.78 is 5.85. The zero-order chi connectivity index (χ0) is 21.1. The maximum absolute atomic E-state index is 12.6. The van der Waals surface area contributed by atoms with Crippen LogP contribution in [0.5, 0.6) is 5.75 Å². The van der Waals surface area contributed by atoms with Gasteiger partial charge in [-0.25, -0.2) is 0 Å². The fourth-order valence-corrected chi connectivity index (χ4v) is 5.08. The Morgan fingerprint density at radius 2 is 1.97 bits per heavy atom. The Balaban J connectivity index is 1.48. The van der Waals surface area contributed by atoms with Crippen LogP contribution in [0.1, 0.15) is 52.4 Å². The summed E-state index contributed by atoms with van der Waals surface area (Å²) in [7, 11) is 0. The van der Waals surface area contributed by atoms with Gasteiger partial charge in [0.05, 0.1) is 0 Å². The molecule has 2 amide bonds. The van der Waals surface area contributed by atoms with Gasteiger partial charge >= 0.3 is 0 Å². The SMILES string of the molecule is CC(C)(Oc1ccc(Cl)cc1)C(=O)NCCC1C[C@@H]2CC[C@@](NC(=O)CCl)(C1)C2. The Morgan fingerprint density at radius 1 is 1.24 bits per heavy atom. The lowest BCUT2D eigenvalue weighted by Gasteiger charge is -2.38. The summed E-state index contributed by atoms with van der Waals surface area (Å²) in [6, 6.07) is 6.98. The zero-order valence-corrected chi connectivity index (χ0v) is 18.6. The minimum atomic E-state index is -0.977. The molecule has 3 rings (SSSR count). The van der Waals surface area contributed by atoms with Crippen molar-refractivity contribution < 1.29 is 14.3 Å². The van der Waals surface area contributed by atoms with E-state index in [4.69, 9.17) is 27.9 Å². The third-order valence-corrected chi connectivity index (χ3v) is 6.65. The van der Waals surface area contributed by atoms with E-state index in [0.29, 0.717) is 29.2 Å². The maximum atomic E-state index is 12.6. The van der Waals surface area contributed by atoms with E-state index in [1.54, 1.807) is 38.1 Å². The topological polar surface area (TPSA) is 67.4 Å².